The van der Waals surface area contributed by atoms with Crippen LogP contribution in [0.25, 0.3) is 21.8 Å². The van der Waals surface area contributed by atoms with E-state index < -0.39 is 11.8 Å². The fraction of sp³-hybridized carbons (Fsp3) is 0.364. The fourth-order valence-corrected chi connectivity index (χ4v) is 3.46. The lowest BCUT2D eigenvalue weighted by molar-refractivity contribution is 0.0987. The Morgan fingerprint density at radius 2 is 0.857 bits per heavy atom. The lowest BCUT2D eigenvalue weighted by atomic mass is 10.0. The summed E-state index contributed by atoms with van der Waals surface area (Å²) in [5.41, 5.74) is 11.8. The molecule has 28 heavy (non-hydrogen) atoms. The number of hydrogen-bond donors (Lipinski definition) is 2. The van der Waals surface area contributed by atoms with Crippen molar-refractivity contribution in [2.24, 2.45) is 11.5 Å². The molecule has 6 heteroatoms. The largest absolute Gasteiger partial charge is 0.364 e. The monoisotopic (exact) mass is 378 g/mol. The molecule has 1 saturated carbocycles. The van der Waals surface area contributed by atoms with Gasteiger partial charge in [-0.25, -0.2) is 9.97 Å². The molecule has 2 heterocycles. The zero-order valence-corrected chi connectivity index (χ0v) is 16.0. The Hall–Kier alpha value is -3.02. The summed E-state index contributed by atoms with van der Waals surface area (Å²) in [6, 6.07) is 10.3. The van der Waals surface area contributed by atoms with Crippen LogP contribution in [0, 0.1) is 0 Å². The van der Waals surface area contributed by atoms with Crippen molar-refractivity contribution >= 4 is 33.6 Å². The molecule has 4 rings (SSSR count). The van der Waals surface area contributed by atoms with Crippen molar-refractivity contribution in [2.45, 2.75) is 51.4 Å². The number of aromatic nitrogens is 2. The van der Waals surface area contributed by atoms with Gasteiger partial charge in [-0.05, 0) is 12.1 Å². The van der Waals surface area contributed by atoms with Crippen molar-refractivity contribution in [1.29, 1.82) is 0 Å². The first-order valence-electron chi connectivity index (χ1n) is 9.86. The van der Waals surface area contributed by atoms with E-state index in [-0.39, 0.29) is 11.4 Å². The third-order valence-electron chi connectivity index (χ3n) is 5.02. The van der Waals surface area contributed by atoms with Crippen LogP contribution in [0.1, 0.15) is 72.3 Å². The van der Waals surface area contributed by atoms with Gasteiger partial charge in [-0.2, -0.15) is 0 Å². The predicted octanol–water partition coefficient (Wildman–Crippen LogP) is 4.10. The highest BCUT2D eigenvalue weighted by Crippen LogP contribution is 2.23. The third kappa shape index (κ3) is 4.82. The Morgan fingerprint density at radius 1 is 0.571 bits per heavy atom. The van der Waals surface area contributed by atoms with Crippen LogP contribution in [0.15, 0.2) is 36.4 Å². The van der Waals surface area contributed by atoms with E-state index in [4.69, 9.17) is 11.5 Å². The van der Waals surface area contributed by atoms with Gasteiger partial charge in [0.1, 0.15) is 11.4 Å². The van der Waals surface area contributed by atoms with Crippen LogP contribution in [-0.2, 0) is 0 Å². The molecule has 2 aromatic heterocycles. The Kier molecular flexibility index (Phi) is 6.53. The summed E-state index contributed by atoms with van der Waals surface area (Å²) in [5, 5.41) is 1.60. The van der Waals surface area contributed by atoms with Gasteiger partial charge in [-0.15, -0.1) is 0 Å². The molecule has 1 aromatic carbocycles. The second kappa shape index (κ2) is 9.26. The van der Waals surface area contributed by atoms with Crippen molar-refractivity contribution in [1.82, 2.24) is 9.97 Å². The van der Waals surface area contributed by atoms with Crippen molar-refractivity contribution < 1.29 is 9.59 Å². The molecular weight excluding hydrogens is 352 g/mol. The number of nitrogens with zero attached hydrogens (tertiary/aromatic N) is 2. The van der Waals surface area contributed by atoms with Crippen molar-refractivity contribution in [3.05, 3.63) is 47.8 Å². The molecule has 6 nitrogen and oxygen atoms in total. The highest BCUT2D eigenvalue weighted by Gasteiger charge is 2.10. The summed E-state index contributed by atoms with van der Waals surface area (Å²) >= 11 is 0. The average molecular weight is 378 g/mol. The number of pyridine rings is 2. The van der Waals surface area contributed by atoms with E-state index in [9.17, 15) is 9.59 Å². The molecule has 0 spiro atoms. The number of amides is 2. The van der Waals surface area contributed by atoms with Crippen LogP contribution in [-0.4, -0.2) is 21.8 Å². The van der Waals surface area contributed by atoms with Crippen molar-refractivity contribution in [2.75, 3.05) is 0 Å². The van der Waals surface area contributed by atoms with Gasteiger partial charge in [0.25, 0.3) is 11.8 Å². The van der Waals surface area contributed by atoms with E-state index in [1.54, 1.807) is 24.3 Å². The predicted molar refractivity (Wildman–Crippen MR) is 111 cm³/mol. The van der Waals surface area contributed by atoms with Gasteiger partial charge in [0.05, 0.1) is 11.0 Å². The van der Waals surface area contributed by atoms with Gasteiger partial charge < -0.3 is 11.5 Å². The molecule has 1 aliphatic rings. The Balaban J connectivity index is 0.000000236. The zero-order valence-electron chi connectivity index (χ0n) is 16.0. The SMILES string of the molecule is C1CCCCCCC1.NC(=O)c1ccc2ccc3ccc(C(N)=O)nc3c2n1. The normalized spacial score (nSPS) is 14.6. The summed E-state index contributed by atoms with van der Waals surface area (Å²) in [6.45, 7) is 0. The molecule has 0 saturated heterocycles. The van der Waals surface area contributed by atoms with E-state index in [1.807, 2.05) is 12.1 Å². The Morgan fingerprint density at radius 3 is 1.14 bits per heavy atom. The first-order chi connectivity index (χ1) is 13.6. The summed E-state index contributed by atoms with van der Waals surface area (Å²) in [5.74, 6) is -1.23. The second-order valence-electron chi connectivity index (χ2n) is 7.16. The minimum atomic E-state index is -0.616. The highest BCUT2D eigenvalue weighted by molar-refractivity contribution is 6.06. The van der Waals surface area contributed by atoms with Crippen molar-refractivity contribution in [3.8, 4) is 0 Å². The van der Waals surface area contributed by atoms with Crippen LogP contribution in [0.4, 0.5) is 0 Å². The maximum atomic E-state index is 11.2. The average Bonchev–Trinajstić information content (AvgIpc) is 2.67. The molecule has 0 aliphatic heterocycles. The molecule has 3 aromatic rings. The third-order valence-corrected chi connectivity index (χ3v) is 5.02. The van der Waals surface area contributed by atoms with Gasteiger partial charge in [0, 0.05) is 10.8 Å². The van der Waals surface area contributed by atoms with Gasteiger partial charge in [0.15, 0.2) is 0 Å². The minimum absolute atomic E-state index is 0.149. The van der Waals surface area contributed by atoms with Crippen LogP contribution in [0.2, 0.25) is 0 Å². The van der Waals surface area contributed by atoms with Crippen molar-refractivity contribution in [3.63, 3.8) is 0 Å². The number of nitrogens with two attached hydrogens (primary N) is 2. The first-order valence-corrected chi connectivity index (χ1v) is 9.86. The topological polar surface area (TPSA) is 112 Å². The summed E-state index contributed by atoms with van der Waals surface area (Å²) in [4.78, 5) is 30.9. The molecule has 0 unspecified atom stereocenters. The first kappa shape index (κ1) is 19.7. The summed E-state index contributed by atoms with van der Waals surface area (Å²) in [7, 11) is 0. The van der Waals surface area contributed by atoms with Crippen LogP contribution in [0.5, 0.6) is 0 Å². The van der Waals surface area contributed by atoms with E-state index >= 15 is 0 Å². The highest BCUT2D eigenvalue weighted by atomic mass is 16.1. The zero-order chi connectivity index (χ0) is 19.9. The standard InChI is InChI=1S/C14H10N4O2.C8H16/c15-13(19)9-5-3-7-1-2-8-4-6-10(14(16)20)18-12(8)11(7)17-9;1-2-4-6-8-7-5-3-1/h1-6H,(H2,15,19)(H2,16,20);1-8H2. The molecule has 4 N–H and O–H groups in total. The van der Waals surface area contributed by atoms with Gasteiger partial charge in [-0.1, -0.05) is 75.6 Å². The fourth-order valence-electron chi connectivity index (χ4n) is 3.46. The molecule has 146 valence electrons. The number of primary amides is 2. The molecular formula is C22H26N4O2. The minimum Gasteiger partial charge on any atom is -0.364 e. The van der Waals surface area contributed by atoms with E-state index in [2.05, 4.69) is 9.97 Å². The maximum Gasteiger partial charge on any atom is 0.267 e. The van der Waals surface area contributed by atoms with Crippen LogP contribution >= 0.6 is 0 Å². The molecule has 2 amide bonds. The van der Waals surface area contributed by atoms with Gasteiger partial charge >= 0.3 is 0 Å². The Labute approximate surface area is 164 Å². The number of rotatable bonds is 2. The number of fused-ring (bicyclic) bond motifs is 3. The van der Waals surface area contributed by atoms with E-state index in [0.29, 0.717) is 11.0 Å². The summed E-state index contributed by atoms with van der Waals surface area (Å²) < 4.78 is 0. The quantitative estimate of drug-likeness (QED) is 0.654. The summed E-state index contributed by atoms with van der Waals surface area (Å²) in [6.07, 6.45) is 12.0. The lowest BCUT2D eigenvalue weighted by Gasteiger charge is -2.05. The molecule has 0 atom stereocenters. The molecule has 1 aliphatic carbocycles. The van der Waals surface area contributed by atoms with Gasteiger partial charge in [-0.3, -0.25) is 9.59 Å². The molecule has 0 radical (unpaired) electrons. The van der Waals surface area contributed by atoms with E-state index in [0.717, 1.165) is 10.8 Å². The van der Waals surface area contributed by atoms with Gasteiger partial charge in [0.2, 0.25) is 0 Å². The molecule has 1 fully saturated rings. The second-order valence-corrected chi connectivity index (χ2v) is 7.16. The number of hydrogen-bond acceptors (Lipinski definition) is 4. The maximum absolute atomic E-state index is 11.2. The lowest BCUT2D eigenvalue weighted by Crippen LogP contribution is -2.14. The number of carbonyl (C=O) groups excluding carboxylic acids is 2. The number of carbonyl (C=O) groups is 2. The van der Waals surface area contributed by atoms with Crippen LogP contribution < -0.4 is 11.5 Å². The smallest absolute Gasteiger partial charge is 0.267 e. The van der Waals surface area contributed by atoms with E-state index in [1.165, 1.54) is 51.4 Å². The van der Waals surface area contributed by atoms with Crippen LogP contribution in [0.3, 0.4) is 0 Å². The Bertz CT molecular complexity index is 904. The number of benzene rings is 1. The molecule has 0 bridgehead atoms.